The zero-order valence-corrected chi connectivity index (χ0v) is 18.7. The number of aliphatic hydroxyl groups is 1. The second-order valence-corrected chi connectivity index (χ2v) is 10.7. The minimum Gasteiger partial charge on any atom is -0.396 e. The monoisotopic (exact) mass is 458 g/mol. The molecule has 1 heterocycles. The van der Waals surface area contributed by atoms with Gasteiger partial charge in [0.05, 0.1) is 0 Å². The van der Waals surface area contributed by atoms with Crippen molar-refractivity contribution in [3.63, 3.8) is 0 Å². The van der Waals surface area contributed by atoms with Crippen LogP contribution in [0.1, 0.15) is 25.3 Å². The fourth-order valence-corrected chi connectivity index (χ4v) is 4.18. The van der Waals surface area contributed by atoms with Gasteiger partial charge < -0.3 is 9.67 Å². The van der Waals surface area contributed by atoms with E-state index in [4.69, 9.17) is 10.3 Å². The first-order valence-electron chi connectivity index (χ1n) is 10.2. The van der Waals surface area contributed by atoms with E-state index in [9.17, 15) is 18.0 Å². The number of sulfone groups is 1. The molecule has 9 heteroatoms. The number of nitrogens with one attached hydrogen (secondary N) is 1. The van der Waals surface area contributed by atoms with Crippen molar-refractivity contribution < 1.29 is 23.5 Å². The molecule has 3 rings (SSSR count). The number of carbonyl (C=O) groups is 1. The van der Waals surface area contributed by atoms with Crippen molar-refractivity contribution in [3.8, 4) is 23.0 Å². The van der Waals surface area contributed by atoms with Crippen LogP contribution in [-0.4, -0.2) is 46.8 Å². The molecule has 170 valence electrons. The minimum atomic E-state index is -3.84. The number of pyridine rings is 1. The number of aliphatic hydroxyl groups excluding tert-OH is 1. The van der Waals surface area contributed by atoms with Crippen LogP contribution < -0.4 is 11.0 Å². The van der Waals surface area contributed by atoms with Crippen LogP contribution >= 0.6 is 0 Å². The van der Waals surface area contributed by atoms with Crippen LogP contribution in [0.2, 0.25) is 0 Å². The molecule has 1 aromatic heterocycles. The van der Waals surface area contributed by atoms with E-state index in [1.54, 1.807) is 12.3 Å². The highest BCUT2D eigenvalue weighted by Crippen LogP contribution is 2.37. The lowest BCUT2D eigenvalue weighted by atomic mass is 10.0. The van der Waals surface area contributed by atoms with Gasteiger partial charge in [0.15, 0.2) is 14.6 Å². The molecule has 1 saturated carbocycles. The zero-order chi connectivity index (χ0) is 23.5. The highest BCUT2D eigenvalue weighted by molar-refractivity contribution is 7.92. The molecule has 3 atom stereocenters. The first-order chi connectivity index (χ1) is 15.1. The highest BCUT2D eigenvalue weighted by atomic mass is 32.2. The smallest absolute Gasteiger partial charge is 0.264 e. The van der Waals surface area contributed by atoms with Gasteiger partial charge in [-0.2, -0.15) is 0 Å². The number of hydrogen-bond donors (Lipinski definition) is 3. The van der Waals surface area contributed by atoms with Crippen LogP contribution in [-0.2, 0) is 21.2 Å². The summed E-state index contributed by atoms with van der Waals surface area (Å²) in [5, 5.41) is 18.0. The van der Waals surface area contributed by atoms with Crippen molar-refractivity contribution in [1.29, 1.82) is 0 Å². The summed E-state index contributed by atoms with van der Waals surface area (Å²) in [6.45, 7) is 1.37. The lowest BCUT2D eigenvalue weighted by Crippen LogP contribution is -2.49. The number of amides is 1. The molecule has 1 fully saturated rings. The summed E-state index contributed by atoms with van der Waals surface area (Å²) in [6.07, 6.45) is 3.22. The van der Waals surface area contributed by atoms with Crippen molar-refractivity contribution in [2.24, 2.45) is 11.8 Å². The van der Waals surface area contributed by atoms with Crippen LogP contribution in [0.5, 0.6) is 0 Å². The normalized spacial score (nSPS) is 19.4. The van der Waals surface area contributed by atoms with Crippen LogP contribution in [0.15, 0.2) is 47.4 Å². The predicted octanol–water partition coefficient (Wildman–Crippen LogP) is 1.19. The van der Waals surface area contributed by atoms with Crippen molar-refractivity contribution in [1.82, 2.24) is 10.0 Å². The van der Waals surface area contributed by atoms with E-state index in [0.717, 1.165) is 23.8 Å². The summed E-state index contributed by atoms with van der Waals surface area (Å²) in [4.78, 5) is 24.5. The van der Waals surface area contributed by atoms with E-state index in [1.165, 1.54) is 23.0 Å². The van der Waals surface area contributed by atoms with Gasteiger partial charge in [0.25, 0.3) is 11.5 Å². The maximum atomic E-state index is 12.6. The van der Waals surface area contributed by atoms with E-state index in [0.29, 0.717) is 11.5 Å². The maximum Gasteiger partial charge on any atom is 0.264 e. The largest absolute Gasteiger partial charge is 0.396 e. The van der Waals surface area contributed by atoms with E-state index in [1.807, 2.05) is 24.3 Å². The van der Waals surface area contributed by atoms with Gasteiger partial charge in [0.2, 0.25) is 0 Å². The molecule has 3 N–H and O–H groups in total. The average Bonchev–Trinajstić information content (AvgIpc) is 3.54. The lowest BCUT2D eigenvalue weighted by molar-refractivity contribution is -0.131. The van der Waals surface area contributed by atoms with Crippen molar-refractivity contribution in [2.75, 3.05) is 12.9 Å². The topological polar surface area (TPSA) is 126 Å². The van der Waals surface area contributed by atoms with Gasteiger partial charge in [-0.15, -0.1) is 0 Å². The number of aromatic nitrogens is 1. The fraction of sp³-hybridized carbons (Fsp3) is 0.391. The molecule has 2 aromatic rings. The molecule has 0 bridgehead atoms. The molecule has 1 aliphatic rings. The van der Waals surface area contributed by atoms with Gasteiger partial charge in [-0.3, -0.25) is 14.8 Å². The summed E-state index contributed by atoms with van der Waals surface area (Å²) in [7, 11) is -3.84. The Balaban J connectivity index is 1.72. The first-order valence-corrected chi connectivity index (χ1v) is 12.1. The third kappa shape index (κ3) is 5.10. The van der Waals surface area contributed by atoms with Crippen molar-refractivity contribution >= 4 is 15.7 Å². The molecule has 1 aromatic carbocycles. The number of rotatable bonds is 7. The molecular formula is C23H26N2O6S. The molecule has 32 heavy (non-hydrogen) atoms. The number of hydroxylamine groups is 1. The summed E-state index contributed by atoms with van der Waals surface area (Å²) in [6, 6.07) is 10.7. The first kappa shape index (κ1) is 23.7. The maximum absolute atomic E-state index is 12.6. The highest BCUT2D eigenvalue weighted by Gasteiger charge is 2.43. The number of benzene rings is 1. The Kier molecular flexibility index (Phi) is 6.88. The van der Waals surface area contributed by atoms with E-state index in [2.05, 4.69) is 11.8 Å². The van der Waals surface area contributed by atoms with E-state index >= 15 is 0 Å². The summed E-state index contributed by atoms with van der Waals surface area (Å²) < 4.78 is 23.6. The van der Waals surface area contributed by atoms with Crippen molar-refractivity contribution in [3.05, 3.63) is 58.5 Å². The Morgan fingerprint density at radius 1 is 1.25 bits per heavy atom. The minimum absolute atomic E-state index is 0.0133. The Morgan fingerprint density at radius 3 is 2.47 bits per heavy atom. The van der Waals surface area contributed by atoms with E-state index in [-0.39, 0.29) is 31.0 Å². The lowest BCUT2D eigenvalue weighted by Gasteiger charge is -2.25. The molecule has 1 amide bonds. The molecule has 0 aliphatic heterocycles. The Hall–Kier alpha value is -2.93. The SMILES string of the molecule is CC(CCn1ccc(-c2ccc(C#C[C@@H]3C[C@H]3CO)cc2)cc1=O)(C(=O)NO)S(C)(=O)=O. The molecular weight excluding hydrogens is 432 g/mol. The second-order valence-electron chi connectivity index (χ2n) is 8.27. The molecule has 1 aliphatic carbocycles. The quantitative estimate of drug-likeness (QED) is 0.325. The van der Waals surface area contributed by atoms with Crippen LogP contribution in [0.25, 0.3) is 11.1 Å². The summed E-state index contributed by atoms with van der Waals surface area (Å²) in [5.74, 6) is 5.77. The number of carbonyl (C=O) groups excluding carboxylic acids is 1. The molecule has 0 spiro atoms. The molecule has 0 radical (unpaired) electrons. The third-order valence-electron chi connectivity index (χ3n) is 6.00. The molecule has 0 saturated heterocycles. The average molecular weight is 459 g/mol. The standard InChI is InChI=1S/C23H26N2O6S/c1-23(22(28)24-29,32(2,30)31)10-12-25-11-9-19(14-21(25)27)17-6-3-16(4-7-17)5-8-18-13-20(18)15-26/h3-4,6-7,9,11,14,18,20,26,29H,10,12-13,15H2,1-2H3,(H,24,28)/t18-,20+,23?/m1/s1. The van der Waals surface area contributed by atoms with Gasteiger partial charge in [0.1, 0.15) is 0 Å². The Bertz CT molecular complexity index is 1220. The summed E-state index contributed by atoms with van der Waals surface area (Å²) >= 11 is 0. The number of nitrogens with zero attached hydrogens (tertiary/aromatic N) is 1. The van der Waals surface area contributed by atoms with Crippen LogP contribution in [0.3, 0.4) is 0 Å². The van der Waals surface area contributed by atoms with Crippen LogP contribution in [0.4, 0.5) is 0 Å². The van der Waals surface area contributed by atoms with Gasteiger partial charge in [-0.25, -0.2) is 13.9 Å². The Morgan fingerprint density at radius 2 is 1.94 bits per heavy atom. The number of aryl methyl sites for hydroxylation is 1. The van der Waals surface area contributed by atoms with Gasteiger partial charge >= 0.3 is 0 Å². The Labute approximate surface area is 186 Å². The van der Waals surface area contributed by atoms with Gasteiger partial charge in [-0.05, 0) is 55.0 Å². The van der Waals surface area contributed by atoms with Gasteiger partial charge in [0, 0.05) is 43.2 Å². The fourth-order valence-electron chi connectivity index (χ4n) is 3.34. The van der Waals surface area contributed by atoms with Crippen molar-refractivity contribution in [2.45, 2.75) is 31.1 Å². The van der Waals surface area contributed by atoms with E-state index < -0.39 is 20.5 Å². The third-order valence-corrected chi connectivity index (χ3v) is 8.03. The number of hydrogen-bond acceptors (Lipinski definition) is 6. The van der Waals surface area contributed by atoms with Crippen LogP contribution in [0, 0.1) is 23.7 Å². The predicted molar refractivity (Wildman–Crippen MR) is 119 cm³/mol. The summed E-state index contributed by atoms with van der Waals surface area (Å²) in [5.41, 5.74) is 3.45. The molecule has 1 unspecified atom stereocenters. The van der Waals surface area contributed by atoms with Gasteiger partial charge in [-0.1, -0.05) is 24.0 Å². The zero-order valence-electron chi connectivity index (χ0n) is 17.9. The second kappa shape index (κ2) is 9.28. The molecule has 8 nitrogen and oxygen atoms in total.